The molecule has 116 valence electrons. The van der Waals surface area contributed by atoms with Gasteiger partial charge in [0.2, 0.25) is 0 Å². The normalized spacial score (nSPS) is 14.7. The van der Waals surface area contributed by atoms with Crippen molar-refractivity contribution in [2.45, 2.75) is 47.1 Å². The van der Waals surface area contributed by atoms with Crippen molar-refractivity contribution in [3.63, 3.8) is 0 Å². The highest BCUT2D eigenvalue weighted by molar-refractivity contribution is 4.95. The lowest BCUT2D eigenvalue weighted by Gasteiger charge is -2.34. The second-order valence-electron chi connectivity index (χ2n) is 6.05. The molecule has 0 amide bonds. The first kappa shape index (κ1) is 17.1. The quantitative estimate of drug-likeness (QED) is 0.668. The van der Waals surface area contributed by atoms with Crippen molar-refractivity contribution in [2.24, 2.45) is 11.3 Å². The minimum atomic E-state index is 0.173. The van der Waals surface area contributed by atoms with Crippen LogP contribution < -0.4 is 5.32 Å². The fraction of sp³-hybridized carbons (Fsp3) is 0.867. The van der Waals surface area contributed by atoms with Crippen LogP contribution in [0.25, 0.3) is 0 Å². The Morgan fingerprint density at radius 2 is 2.20 bits per heavy atom. The zero-order chi connectivity index (χ0) is 15.0. The summed E-state index contributed by atoms with van der Waals surface area (Å²) in [5.41, 5.74) is 0.173. The molecule has 1 heterocycles. The molecule has 0 saturated carbocycles. The fourth-order valence-electron chi connectivity index (χ4n) is 2.20. The number of rotatable bonds is 10. The van der Waals surface area contributed by atoms with Crippen molar-refractivity contribution in [2.75, 3.05) is 26.8 Å². The van der Waals surface area contributed by atoms with Gasteiger partial charge in [-0.25, -0.2) is 4.98 Å². The summed E-state index contributed by atoms with van der Waals surface area (Å²) >= 11 is 0. The summed E-state index contributed by atoms with van der Waals surface area (Å²) in [6, 6.07) is 0. The van der Waals surface area contributed by atoms with Gasteiger partial charge >= 0.3 is 0 Å². The van der Waals surface area contributed by atoms with E-state index in [1.54, 1.807) is 13.4 Å². The summed E-state index contributed by atoms with van der Waals surface area (Å²) in [6.45, 7) is 12.6. The van der Waals surface area contributed by atoms with Crippen LogP contribution in [0.4, 0.5) is 0 Å². The number of ether oxygens (including phenoxy) is 1. The highest BCUT2D eigenvalue weighted by atomic mass is 16.5. The summed E-state index contributed by atoms with van der Waals surface area (Å²) in [6.07, 6.45) is 3.70. The Bertz CT molecular complexity index is 378. The van der Waals surface area contributed by atoms with Gasteiger partial charge in [-0.15, -0.1) is 0 Å². The first-order valence-electron chi connectivity index (χ1n) is 7.60. The first-order valence-corrected chi connectivity index (χ1v) is 7.60. The van der Waals surface area contributed by atoms with Gasteiger partial charge in [-0.2, -0.15) is 5.10 Å². The van der Waals surface area contributed by atoms with Crippen molar-refractivity contribution in [1.82, 2.24) is 20.1 Å². The van der Waals surface area contributed by atoms with Crippen LogP contribution in [0.1, 0.15) is 39.9 Å². The van der Waals surface area contributed by atoms with Crippen molar-refractivity contribution >= 4 is 0 Å². The molecule has 0 aliphatic heterocycles. The van der Waals surface area contributed by atoms with Crippen LogP contribution in [0.5, 0.6) is 0 Å². The monoisotopic (exact) mass is 282 g/mol. The molecule has 1 atom stereocenters. The van der Waals surface area contributed by atoms with E-state index in [0.29, 0.717) is 5.92 Å². The molecule has 5 nitrogen and oxygen atoms in total. The van der Waals surface area contributed by atoms with E-state index in [2.05, 4.69) is 43.1 Å². The van der Waals surface area contributed by atoms with Gasteiger partial charge in [0, 0.05) is 33.2 Å². The molecular formula is C15H30N4O. The zero-order valence-electron chi connectivity index (χ0n) is 13.6. The molecule has 5 heteroatoms. The number of methoxy groups -OCH3 is 1. The standard InChI is InChI=1S/C15H30N4O/c1-6-8-19-14(17-12-18-19)10-15(4,13(2)3)11-16-7-9-20-5/h12-13,16H,6-11H2,1-5H3. The Kier molecular flexibility index (Phi) is 7.16. The molecule has 0 bridgehead atoms. The third-order valence-corrected chi connectivity index (χ3v) is 4.10. The fourth-order valence-corrected chi connectivity index (χ4v) is 2.20. The topological polar surface area (TPSA) is 52.0 Å². The lowest BCUT2D eigenvalue weighted by atomic mass is 9.76. The number of aryl methyl sites for hydroxylation is 1. The maximum Gasteiger partial charge on any atom is 0.138 e. The van der Waals surface area contributed by atoms with Crippen LogP contribution in [0, 0.1) is 11.3 Å². The van der Waals surface area contributed by atoms with E-state index in [1.807, 2.05) is 4.68 Å². The maximum absolute atomic E-state index is 5.09. The Hall–Kier alpha value is -0.940. The van der Waals surface area contributed by atoms with Gasteiger partial charge in [0.05, 0.1) is 6.61 Å². The highest BCUT2D eigenvalue weighted by Gasteiger charge is 2.30. The third kappa shape index (κ3) is 4.87. The summed E-state index contributed by atoms with van der Waals surface area (Å²) < 4.78 is 7.12. The highest BCUT2D eigenvalue weighted by Crippen LogP contribution is 2.30. The van der Waals surface area contributed by atoms with Crippen molar-refractivity contribution in [3.05, 3.63) is 12.2 Å². The SMILES string of the molecule is CCCn1ncnc1CC(C)(CNCCOC)C(C)C. The van der Waals surface area contributed by atoms with E-state index in [4.69, 9.17) is 4.74 Å². The predicted octanol–water partition coefficient (Wildman–Crippen LogP) is 2.13. The molecule has 20 heavy (non-hydrogen) atoms. The molecule has 1 aromatic heterocycles. The molecule has 0 fully saturated rings. The molecule has 0 aliphatic rings. The van der Waals surface area contributed by atoms with E-state index >= 15 is 0 Å². The number of aromatic nitrogens is 3. The predicted molar refractivity (Wildman–Crippen MR) is 81.7 cm³/mol. The first-order chi connectivity index (χ1) is 9.53. The van der Waals surface area contributed by atoms with Crippen molar-refractivity contribution in [3.8, 4) is 0 Å². The van der Waals surface area contributed by atoms with Crippen LogP contribution in [0.2, 0.25) is 0 Å². The van der Waals surface area contributed by atoms with Crippen LogP contribution in [-0.4, -0.2) is 41.6 Å². The van der Waals surface area contributed by atoms with Crippen LogP contribution in [0.3, 0.4) is 0 Å². The van der Waals surface area contributed by atoms with E-state index in [0.717, 1.165) is 44.9 Å². The molecule has 1 aromatic rings. The molecule has 1 unspecified atom stereocenters. The maximum atomic E-state index is 5.09. The molecule has 1 rings (SSSR count). The summed E-state index contributed by atoms with van der Waals surface area (Å²) in [4.78, 5) is 4.45. The number of nitrogens with zero attached hydrogens (tertiary/aromatic N) is 3. The number of hydrogen-bond acceptors (Lipinski definition) is 4. The third-order valence-electron chi connectivity index (χ3n) is 4.10. The average Bonchev–Trinajstić information content (AvgIpc) is 2.82. The minimum Gasteiger partial charge on any atom is -0.383 e. The van der Waals surface area contributed by atoms with Gasteiger partial charge in [0.25, 0.3) is 0 Å². The van der Waals surface area contributed by atoms with E-state index in [-0.39, 0.29) is 5.41 Å². The zero-order valence-corrected chi connectivity index (χ0v) is 13.6. The van der Waals surface area contributed by atoms with Crippen LogP contribution >= 0.6 is 0 Å². The van der Waals surface area contributed by atoms with Gasteiger partial charge in [-0.3, -0.25) is 4.68 Å². The Labute approximate surface area is 123 Å². The average molecular weight is 282 g/mol. The Morgan fingerprint density at radius 3 is 2.80 bits per heavy atom. The summed E-state index contributed by atoms with van der Waals surface area (Å²) in [5, 5.41) is 7.81. The van der Waals surface area contributed by atoms with E-state index < -0.39 is 0 Å². The van der Waals surface area contributed by atoms with Gasteiger partial charge in [-0.05, 0) is 17.8 Å². The Balaban J connectivity index is 2.67. The summed E-state index contributed by atoms with van der Waals surface area (Å²) in [7, 11) is 1.73. The van der Waals surface area contributed by atoms with E-state index in [1.165, 1.54) is 0 Å². The molecular weight excluding hydrogens is 252 g/mol. The van der Waals surface area contributed by atoms with Crippen molar-refractivity contribution in [1.29, 1.82) is 0 Å². The molecule has 0 saturated heterocycles. The van der Waals surface area contributed by atoms with Crippen LogP contribution in [0.15, 0.2) is 6.33 Å². The Morgan fingerprint density at radius 1 is 1.45 bits per heavy atom. The lowest BCUT2D eigenvalue weighted by molar-refractivity contribution is 0.172. The molecule has 0 radical (unpaired) electrons. The van der Waals surface area contributed by atoms with E-state index in [9.17, 15) is 0 Å². The second-order valence-corrected chi connectivity index (χ2v) is 6.05. The molecule has 0 spiro atoms. The van der Waals surface area contributed by atoms with Gasteiger partial charge in [-0.1, -0.05) is 27.7 Å². The smallest absolute Gasteiger partial charge is 0.138 e. The molecule has 0 aliphatic carbocycles. The largest absolute Gasteiger partial charge is 0.383 e. The lowest BCUT2D eigenvalue weighted by Crippen LogP contribution is -2.39. The summed E-state index contributed by atoms with van der Waals surface area (Å²) in [5.74, 6) is 1.67. The number of hydrogen-bond donors (Lipinski definition) is 1. The molecule has 1 N–H and O–H groups in total. The van der Waals surface area contributed by atoms with Crippen molar-refractivity contribution < 1.29 is 4.74 Å². The van der Waals surface area contributed by atoms with Gasteiger partial charge in [0.1, 0.15) is 12.2 Å². The van der Waals surface area contributed by atoms with Crippen LogP contribution in [-0.2, 0) is 17.7 Å². The number of nitrogens with one attached hydrogen (secondary N) is 1. The minimum absolute atomic E-state index is 0.173. The second kappa shape index (κ2) is 8.37. The molecule has 0 aromatic carbocycles. The van der Waals surface area contributed by atoms with Gasteiger partial charge < -0.3 is 10.1 Å². The van der Waals surface area contributed by atoms with Gasteiger partial charge in [0.15, 0.2) is 0 Å².